The van der Waals surface area contributed by atoms with Crippen LogP contribution in [0.4, 0.5) is 5.69 Å². The monoisotopic (exact) mass is 335 g/mol. The molecular weight excluding hydrogens is 309 g/mol. The number of carbonyl (C=O) groups is 1. The fraction of sp³-hybridized carbons (Fsp3) is 0.533. The molecule has 1 aromatic carbocycles. The third-order valence-corrected chi connectivity index (χ3v) is 3.07. The number of amides is 1. The Morgan fingerprint density at radius 2 is 1.81 bits per heavy atom. The lowest BCUT2D eigenvalue weighted by Crippen LogP contribution is -2.45. The summed E-state index contributed by atoms with van der Waals surface area (Å²) in [7, 11) is 0. The Kier molecular flexibility index (Phi) is 10.7. The normalized spacial score (nSPS) is 10.6. The van der Waals surface area contributed by atoms with Crippen LogP contribution < -0.4 is 11.1 Å². The van der Waals surface area contributed by atoms with Gasteiger partial charge in [-0.2, -0.15) is 0 Å². The van der Waals surface area contributed by atoms with Crippen LogP contribution in [-0.4, -0.2) is 29.4 Å². The number of nitrogens with two attached hydrogens (primary N) is 1. The first-order valence-corrected chi connectivity index (χ1v) is 6.78. The SMILES string of the molecule is CCN(CC)Cc1cccc(NC(=O)C(C)(C)N)c1.Cl.Cl. The van der Waals surface area contributed by atoms with E-state index in [0.29, 0.717) is 0 Å². The van der Waals surface area contributed by atoms with E-state index in [1.165, 1.54) is 5.56 Å². The van der Waals surface area contributed by atoms with Gasteiger partial charge in [0.1, 0.15) is 0 Å². The molecule has 0 bridgehead atoms. The number of benzene rings is 1. The van der Waals surface area contributed by atoms with Gasteiger partial charge in [0.2, 0.25) is 5.91 Å². The maximum absolute atomic E-state index is 11.8. The fourth-order valence-corrected chi connectivity index (χ4v) is 1.75. The highest BCUT2D eigenvalue weighted by molar-refractivity contribution is 5.97. The van der Waals surface area contributed by atoms with Crippen LogP contribution >= 0.6 is 24.8 Å². The highest BCUT2D eigenvalue weighted by Gasteiger charge is 2.21. The number of hydrogen-bond donors (Lipinski definition) is 2. The smallest absolute Gasteiger partial charge is 0.243 e. The van der Waals surface area contributed by atoms with E-state index in [9.17, 15) is 4.79 Å². The van der Waals surface area contributed by atoms with Crippen LogP contribution in [0.25, 0.3) is 0 Å². The number of carbonyl (C=O) groups excluding carboxylic acids is 1. The topological polar surface area (TPSA) is 58.4 Å². The number of anilines is 1. The molecule has 1 rings (SSSR count). The van der Waals surface area contributed by atoms with Gasteiger partial charge >= 0.3 is 0 Å². The quantitative estimate of drug-likeness (QED) is 0.839. The van der Waals surface area contributed by atoms with Gasteiger partial charge in [-0.05, 0) is 44.6 Å². The Balaban J connectivity index is 0. The first kappa shape index (κ1) is 22.5. The van der Waals surface area contributed by atoms with Crippen molar-refractivity contribution in [2.24, 2.45) is 5.73 Å². The second-order valence-electron chi connectivity index (χ2n) is 5.34. The molecule has 21 heavy (non-hydrogen) atoms. The van der Waals surface area contributed by atoms with Crippen molar-refractivity contribution in [1.82, 2.24) is 4.90 Å². The first-order valence-electron chi connectivity index (χ1n) is 6.78. The predicted molar refractivity (Wildman–Crippen MR) is 94.5 cm³/mol. The second-order valence-corrected chi connectivity index (χ2v) is 5.34. The minimum Gasteiger partial charge on any atom is -0.325 e. The zero-order valence-corrected chi connectivity index (χ0v) is 14.8. The number of nitrogens with zero attached hydrogens (tertiary/aromatic N) is 1. The van der Waals surface area contributed by atoms with E-state index in [1.807, 2.05) is 18.2 Å². The molecule has 0 unspecified atom stereocenters. The standard InChI is InChI=1S/C15H25N3O.2ClH/c1-5-18(6-2)11-12-8-7-9-13(10-12)17-14(19)15(3,4)16;;/h7-10H,5-6,11,16H2,1-4H3,(H,17,19);2*1H. The van der Waals surface area contributed by atoms with Crippen LogP contribution in [-0.2, 0) is 11.3 Å². The van der Waals surface area contributed by atoms with Crippen molar-refractivity contribution >= 4 is 36.4 Å². The summed E-state index contributed by atoms with van der Waals surface area (Å²) < 4.78 is 0. The van der Waals surface area contributed by atoms with Gasteiger partial charge < -0.3 is 11.1 Å². The van der Waals surface area contributed by atoms with E-state index < -0.39 is 5.54 Å². The Labute approximate surface area is 140 Å². The van der Waals surface area contributed by atoms with E-state index in [1.54, 1.807) is 13.8 Å². The zero-order chi connectivity index (χ0) is 14.5. The van der Waals surface area contributed by atoms with E-state index >= 15 is 0 Å². The molecule has 0 aliphatic heterocycles. The lowest BCUT2D eigenvalue weighted by Gasteiger charge is -2.20. The average Bonchev–Trinajstić information content (AvgIpc) is 2.35. The Hall–Kier alpha value is -0.810. The maximum atomic E-state index is 11.8. The number of nitrogens with one attached hydrogen (secondary N) is 1. The van der Waals surface area contributed by atoms with Crippen molar-refractivity contribution in [1.29, 1.82) is 0 Å². The van der Waals surface area contributed by atoms with Crippen molar-refractivity contribution < 1.29 is 4.79 Å². The molecule has 0 heterocycles. The molecule has 3 N–H and O–H groups in total. The second kappa shape index (κ2) is 10.0. The van der Waals surface area contributed by atoms with Crippen LogP contribution in [0.3, 0.4) is 0 Å². The molecule has 0 aliphatic carbocycles. The van der Waals surface area contributed by atoms with Crippen LogP contribution in [0.1, 0.15) is 33.3 Å². The molecule has 0 saturated heterocycles. The zero-order valence-electron chi connectivity index (χ0n) is 13.2. The molecular formula is C15H27Cl2N3O. The van der Waals surface area contributed by atoms with E-state index in [4.69, 9.17) is 5.73 Å². The van der Waals surface area contributed by atoms with Gasteiger partial charge in [-0.3, -0.25) is 9.69 Å². The Bertz CT molecular complexity index is 429. The molecule has 0 radical (unpaired) electrons. The summed E-state index contributed by atoms with van der Waals surface area (Å²) in [6, 6.07) is 7.91. The highest BCUT2D eigenvalue weighted by Crippen LogP contribution is 2.14. The van der Waals surface area contributed by atoms with Gasteiger partial charge in [0.15, 0.2) is 0 Å². The van der Waals surface area contributed by atoms with Gasteiger partial charge in [0.25, 0.3) is 0 Å². The Morgan fingerprint density at radius 3 is 2.29 bits per heavy atom. The van der Waals surface area contributed by atoms with Crippen LogP contribution in [0.5, 0.6) is 0 Å². The lowest BCUT2D eigenvalue weighted by atomic mass is 10.1. The molecule has 1 amide bonds. The van der Waals surface area contributed by atoms with E-state index in [0.717, 1.165) is 25.3 Å². The minimum atomic E-state index is -0.866. The molecule has 122 valence electrons. The van der Waals surface area contributed by atoms with Crippen LogP contribution in [0.2, 0.25) is 0 Å². The summed E-state index contributed by atoms with van der Waals surface area (Å²) in [6.07, 6.45) is 0. The van der Waals surface area contributed by atoms with Gasteiger partial charge in [-0.25, -0.2) is 0 Å². The molecule has 1 aromatic rings. The van der Waals surface area contributed by atoms with Gasteiger partial charge in [-0.15, -0.1) is 24.8 Å². The van der Waals surface area contributed by atoms with Crippen molar-refractivity contribution in [3.63, 3.8) is 0 Å². The number of hydrogen-bond acceptors (Lipinski definition) is 3. The summed E-state index contributed by atoms with van der Waals surface area (Å²) in [5, 5.41) is 2.85. The molecule has 4 nitrogen and oxygen atoms in total. The van der Waals surface area contributed by atoms with E-state index in [2.05, 4.69) is 30.1 Å². The summed E-state index contributed by atoms with van der Waals surface area (Å²) in [4.78, 5) is 14.2. The van der Waals surface area contributed by atoms with Crippen molar-refractivity contribution in [2.45, 2.75) is 39.8 Å². The Morgan fingerprint density at radius 1 is 1.24 bits per heavy atom. The summed E-state index contributed by atoms with van der Waals surface area (Å²) in [6.45, 7) is 10.6. The van der Waals surface area contributed by atoms with Gasteiger partial charge in [0, 0.05) is 12.2 Å². The summed E-state index contributed by atoms with van der Waals surface area (Å²) >= 11 is 0. The maximum Gasteiger partial charge on any atom is 0.243 e. The minimum absolute atomic E-state index is 0. The first-order chi connectivity index (χ1) is 8.86. The van der Waals surface area contributed by atoms with Crippen LogP contribution in [0.15, 0.2) is 24.3 Å². The van der Waals surface area contributed by atoms with E-state index in [-0.39, 0.29) is 30.7 Å². The molecule has 0 aromatic heterocycles. The van der Waals surface area contributed by atoms with Crippen molar-refractivity contribution in [3.8, 4) is 0 Å². The number of halogens is 2. The van der Waals surface area contributed by atoms with Gasteiger partial charge in [0.05, 0.1) is 5.54 Å². The molecule has 0 aliphatic rings. The summed E-state index contributed by atoms with van der Waals surface area (Å²) in [5.41, 5.74) is 6.89. The van der Waals surface area contributed by atoms with Gasteiger partial charge in [-0.1, -0.05) is 26.0 Å². The molecule has 0 saturated carbocycles. The lowest BCUT2D eigenvalue weighted by molar-refractivity contribution is -0.120. The molecule has 6 heteroatoms. The number of rotatable bonds is 6. The fourth-order valence-electron chi connectivity index (χ4n) is 1.75. The molecule has 0 fully saturated rings. The third kappa shape index (κ3) is 7.67. The molecule has 0 atom stereocenters. The van der Waals surface area contributed by atoms with Crippen molar-refractivity contribution in [2.75, 3.05) is 18.4 Å². The average molecular weight is 336 g/mol. The molecule has 0 spiro atoms. The van der Waals surface area contributed by atoms with Crippen LogP contribution in [0, 0.1) is 0 Å². The predicted octanol–water partition coefficient (Wildman–Crippen LogP) is 3.05. The summed E-state index contributed by atoms with van der Waals surface area (Å²) in [5.74, 6) is -0.174. The third-order valence-electron chi connectivity index (χ3n) is 3.07. The largest absolute Gasteiger partial charge is 0.325 e. The highest BCUT2D eigenvalue weighted by atomic mass is 35.5. The van der Waals surface area contributed by atoms with Crippen molar-refractivity contribution in [3.05, 3.63) is 29.8 Å².